The fourth-order valence-electron chi connectivity index (χ4n) is 2.25. The Hall–Kier alpha value is -2.76. The minimum absolute atomic E-state index is 0.521. The van der Waals surface area contributed by atoms with Crippen LogP contribution in [0.4, 0.5) is 11.4 Å². The van der Waals surface area contributed by atoms with E-state index in [1.165, 1.54) is 0 Å². The number of nitrogens with one attached hydrogen (secondary N) is 1. The van der Waals surface area contributed by atoms with Crippen LogP contribution in [0.5, 0.6) is 28.7 Å². The molecule has 2 rings (SSSR count). The Morgan fingerprint density at radius 1 is 0.609 bits per heavy atom. The zero-order chi connectivity index (χ0) is 16.8. The molecule has 0 aliphatic rings. The van der Waals surface area contributed by atoms with Gasteiger partial charge in [0.15, 0.2) is 11.5 Å². The first-order valence-corrected chi connectivity index (χ1v) is 6.96. The molecular weight excluding hydrogens is 298 g/mol. The molecule has 1 N–H and O–H groups in total. The molecule has 0 spiro atoms. The number of hydrogen-bond donors (Lipinski definition) is 1. The van der Waals surface area contributed by atoms with Crippen LogP contribution in [0.3, 0.4) is 0 Å². The number of ether oxygens (including phenoxy) is 5. The lowest BCUT2D eigenvalue weighted by molar-refractivity contribution is 0.325. The van der Waals surface area contributed by atoms with Gasteiger partial charge in [-0.2, -0.15) is 0 Å². The summed E-state index contributed by atoms with van der Waals surface area (Å²) in [6.45, 7) is 0. The van der Waals surface area contributed by atoms with Gasteiger partial charge < -0.3 is 29.0 Å². The molecule has 0 aromatic heterocycles. The van der Waals surface area contributed by atoms with Crippen LogP contribution in [-0.2, 0) is 0 Å². The summed E-state index contributed by atoms with van der Waals surface area (Å²) in [5.41, 5.74) is 1.51. The molecule has 0 heterocycles. The highest BCUT2D eigenvalue weighted by atomic mass is 16.5. The predicted octanol–water partition coefficient (Wildman–Crippen LogP) is 3.47. The average Bonchev–Trinajstić information content (AvgIpc) is 2.61. The van der Waals surface area contributed by atoms with Gasteiger partial charge in [0.1, 0.15) is 11.5 Å². The fourth-order valence-corrected chi connectivity index (χ4v) is 2.25. The summed E-state index contributed by atoms with van der Waals surface area (Å²) in [7, 11) is 7.94. The molecule has 0 aliphatic carbocycles. The van der Waals surface area contributed by atoms with Gasteiger partial charge in [0.05, 0.1) is 46.9 Å². The SMILES string of the molecule is COc1ccc(Nc2ccc(OC)c(OC)c2OC)c(OC)c1. The van der Waals surface area contributed by atoms with Crippen molar-refractivity contribution in [1.29, 1.82) is 0 Å². The van der Waals surface area contributed by atoms with E-state index in [1.807, 2.05) is 18.2 Å². The van der Waals surface area contributed by atoms with Gasteiger partial charge in [-0.05, 0) is 24.3 Å². The number of anilines is 2. The van der Waals surface area contributed by atoms with E-state index in [2.05, 4.69) is 5.32 Å². The van der Waals surface area contributed by atoms with Gasteiger partial charge in [-0.3, -0.25) is 0 Å². The van der Waals surface area contributed by atoms with Crippen molar-refractivity contribution in [3.05, 3.63) is 30.3 Å². The Kier molecular flexibility index (Phi) is 5.41. The third-order valence-corrected chi connectivity index (χ3v) is 3.38. The van der Waals surface area contributed by atoms with E-state index in [-0.39, 0.29) is 0 Å². The monoisotopic (exact) mass is 319 g/mol. The van der Waals surface area contributed by atoms with E-state index in [0.717, 1.165) is 11.4 Å². The summed E-state index contributed by atoms with van der Waals surface area (Å²) in [6.07, 6.45) is 0. The van der Waals surface area contributed by atoms with E-state index >= 15 is 0 Å². The van der Waals surface area contributed by atoms with Crippen molar-refractivity contribution in [2.24, 2.45) is 0 Å². The molecule has 23 heavy (non-hydrogen) atoms. The molecule has 0 saturated heterocycles. The largest absolute Gasteiger partial charge is 0.497 e. The Labute approximate surface area is 135 Å². The van der Waals surface area contributed by atoms with Crippen molar-refractivity contribution >= 4 is 11.4 Å². The molecule has 0 amide bonds. The summed E-state index contributed by atoms with van der Waals surface area (Å²) < 4.78 is 26.7. The maximum Gasteiger partial charge on any atom is 0.205 e. The van der Waals surface area contributed by atoms with Gasteiger partial charge in [0, 0.05) is 6.07 Å². The molecule has 0 atom stereocenters. The molecule has 0 aliphatic heterocycles. The van der Waals surface area contributed by atoms with Crippen LogP contribution in [-0.4, -0.2) is 35.5 Å². The molecule has 0 bridgehead atoms. The standard InChI is InChI=1S/C17H21NO5/c1-19-11-6-7-12(15(10-11)21-3)18-13-8-9-14(20-2)17(23-5)16(13)22-4/h6-10,18H,1-5H3. The van der Waals surface area contributed by atoms with Crippen LogP contribution in [0.2, 0.25) is 0 Å². The zero-order valence-electron chi connectivity index (χ0n) is 13.9. The van der Waals surface area contributed by atoms with Crippen molar-refractivity contribution in [2.75, 3.05) is 40.9 Å². The summed E-state index contributed by atoms with van der Waals surface area (Å²) in [5.74, 6) is 3.03. The summed E-state index contributed by atoms with van der Waals surface area (Å²) in [6, 6.07) is 9.17. The fraction of sp³-hybridized carbons (Fsp3) is 0.294. The van der Waals surface area contributed by atoms with Gasteiger partial charge in [0.2, 0.25) is 5.75 Å². The van der Waals surface area contributed by atoms with Crippen molar-refractivity contribution in [1.82, 2.24) is 0 Å². The second-order valence-electron chi connectivity index (χ2n) is 4.57. The minimum Gasteiger partial charge on any atom is -0.497 e. The number of benzene rings is 2. The summed E-state index contributed by atoms with van der Waals surface area (Å²) in [4.78, 5) is 0. The van der Waals surface area contributed by atoms with Crippen molar-refractivity contribution in [3.8, 4) is 28.7 Å². The van der Waals surface area contributed by atoms with Gasteiger partial charge in [-0.25, -0.2) is 0 Å². The highest BCUT2D eigenvalue weighted by Gasteiger charge is 2.17. The lowest BCUT2D eigenvalue weighted by atomic mass is 10.2. The Balaban J connectivity index is 2.44. The lowest BCUT2D eigenvalue weighted by Gasteiger charge is -2.18. The van der Waals surface area contributed by atoms with Gasteiger partial charge in [-0.1, -0.05) is 0 Å². The first kappa shape index (κ1) is 16.6. The molecule has 124 valence electrons. The second-order valence-corrected chi connectivity index (χ2v) is 4.57. The number of methoxy groups -OCH3 is 5. The van der Waals surface area contributed by atoms with Gasteiger partial charge >= 0.3 is 0 Å². The lowest BCUT2D eigenvalue weighted by Crippen LogP contribution is -2.01. The van der Waals surface area contributed by atoms with Crippen LogP contribution in [0, 0.1) is 0 Å². The van der Waals surface area contributed by atoms with E-state index in [4.69, 9.17) is 23.7 Å². The normalized spacial score (nSPS) is 9.96. The molecule has 0 radical (unpaired) electrons. The van der Waals surface area contributed by atoms with Crippen LogP contribution in [0.1, 0.15) is 0 Å². The van der Waals surface area contributed by atoms with Crippen molar-refractivity contribution in [3.63, 3.8) is 0 Å². The van der Waals surface area contributed by atoms with E-state index in [0.29, 0.717) is 28.7 Å². The highest BCUT2D eigenvalue weighted by Crippen LogP contribution is 2.44. The van der Waals surface area contributed by atoms with Crippen LogP contribution >= 0.6 is 0 Å². The third-order valence-electron chi connectivity index (χ3n) is 3.38. The topological polar surface area (TPSA) is 58.2 Å². The maximum absolute atomic E-state index is 5.47. The minimum atomic E-state index is 0.521. The van der Waals surface area contributed by atoms with E-state index in [1.54, 1.807) is 47.7 Å². The highest BCUT2D eigenvalue weighted by molar-refractivity contribution is 5.76. The van der Waals surface area contributed by atoms with Crippen LogP contribution < -0.4 is 29.0 Å². The second kappa shape index (κ2) is 7.49. The summed E-state index contributed by atoms with van der Waals surface area (Å²) >= 11 is 0. The molecule has 6 nitrogen and oxygen atoms in total. The quantitative estimate of drug-likeness (QED) is 0.843. The first-order valence-electron chi connectivity index (χ1n) is 6.96. The average molecular weight is 319 g/mol. The Morgan fingerprint density at radius 2 is 1.26 bits per heavy atom. The third kappa shape index (κ3) is 3.36. The molecule has 2 aromatic carbocycles. The Bertz CT molecular complexity index is 672. The molecular formula is C17H21NO5. The van der Waals surface area contributed by atoms with Crippen molar-refractivity contribution < 1.29 is 23.7 Å². The smallest absolute Gasteiger partial charge is 0.205 e. The molecule has 2 aromatic rings. The van der Waals surface area contributed by atoms with Gasteiger partial charge in [-0.15, -0.1) is 0 Å². The number of hydrogen-bond acceptors (Lipinski definition) is 6. The Morgan fingerprint density at radius 3 is 1.83 bits per heavy atom. The molecule has 0 fully saturated rings. The molecule has 0 unspecified atom stereocenters. The van der Waals surface area contributed by atoms with Crippen LogP contribution in [0.15, 0.2) is 30.3 Å². The zero-order valence-corrected chi connectivity index (χ0v) is 13.9. The van der Waals surface area contributed by atoms with E-state index in [9.17, 15) is 0 Å². The molecule has 0 saturated carbocycles. The van der Waals surface area contributed by atoms with E-state index < -0.39 is 0 Å². The predicted molar refractivity (Wildman–Crippen MR) is 88.9 cm³/mol. The number of rotatable bonds is 7. The maximum atomic E-state index is 5.47. The molecule has 6 heteroatoms. The summed E-state index contributed by atoms with van der Waals surface area (Å²) in [5, 5.41) is 3.28. The van der Waals surface area contributed by atoms with Crippen LogP contribution in [0.25, 0.3) is 0 Å². The first-order chi connectivity index (χ1) is 11.2. The van der Waals surface area contributed by atoms with Crippen molar-refractivity contribution in [2.45, 2.75) is 0 Å². The van der Waals surface area contributed by atoms with Gasteiger partial charge in [0.25, 0.3) is 0 Å².